The van der Waals surface area contributed by atoms with Crippen LogP contribution in [0.5, 0.6) is 5.75 Å². The van der Waals surface area contributed by atoms with Gasteiger partial charge in [-0.3, -0.25) is 4.98 Å². The second-order valence-corrected chi connectivity index (χ2v) is 5.98. The molecule has 0 amide bonds. The van der Waals surface area contributed by atoms with Gasteiger partial charge < -0.3 is 4.74 Å². The molecule has 0 atom stereocenters. The highest BCUT2D eigenvalue weighted by Gasteiger charge is 2.04. The van der Waals surface area contributed by atoms with E-state index in [2.05, 4.69) is 4.98 Å². The molecule has 2 rings (SSSR count). The Morgan fingerprint density at radius 2 is 2.00 bits per heavy atom. The minimum Gasteiger partial charge on any atom is -0.493 e. The van der Waals surface area contributed by atoms with Crippen molar-refractivity contribution in [1.82, 2.24) is 4.98 Å². The fraction of sp³-hybridized carbons (Fsp3) is 0.308. The summed E-state index contributed by atoms with van der Waals surface area (Å²) in [7, 11) is -3.37. The first-order chi connectivity index (χ1) is 9.06. The van der Waals surface area contributed by atoms with Crippen molar-refractivity contribution in [2.45, 2.75) is 12.8 Å². The molecule has 102 valence electrons. The average Bonchev–Trinajstić information content (AvgIpc) is 2.37. The van der Waals surface area contributed by atoms with Gasteiger partial charge in [-0.05, 0) is 37.1 Å². The van der Waals surface area contributed by atoms with Crippen molar-refractivity contribution in [2.24, 2.45) is 5.14 Å². The third-order valence-electron chi connectivity index (χ3n) is 2.69. The van der Waals surface area contributed by atoms with Crippen LogP contribution in [0, 0.1) is 0 Å². The highest BCUT2D eigenvalue weighted by molar-refractivity contribution is 7.89. The summed E-state index contributed by atoms with van der Waals surface area (Å²) in [6.45, 7) is 0.462. The number of hydrogen-bond donors (Lipinski definition) is 1. The fourth-order valence-electron chi connectivity index (χ4n) is 1.79. The van der Waals surface area contributed by atoms with Crippen LogP contribution >= 0.6 is 0 Å². The molecule has 1 aromatic heterocycles. The molecule has 0 radical (unpaired) electrons. The van der Waals surface area contributed by atoms with E-state index < -0.39 is 10.0 Å². The zero-order valence-electron chi connectivity index (χ0n) is 10.5. The monoisotopic (exact) mass is 280 g/mol. The molecule has 0 saturated heterocycles. The van der Waals surface area contributed by atoms with E-state index in [0.717, 1.165) is 16.7 Å². The Bertz CT molecular complexity index is 650. The number of ether oxygens (including phenoxy) is 1. The molecule has 2 N–H and O–H groups in total. The summed E-state index contributed by atoms with van der Waals surface area (Å²) >= 11 is 0. The predicted molar refractivity (Wildman–Crippen MR) is 74.4 cm³/mol. The van der Waals surface area contributed by atoms with Crippen LogP contribution < -0.4 is 9.88 Å². The lowest BCUT2D eigenvalue weighted by atomic mass is 10.2. The number of benzene rings is 1. The predicted octanol–water partition coefficient (Wildman–Crippen LogP) is 1.68. The molecule has 1 heterocycles. The number of sulfonamides is 1. The maximum Gasteiger partial charge on any atom is 0.209 e. The molecule has 6 heteroatoms. The van der Waals surface area contributed by atoms with E-state index in [9.17, 15) is 8.42 Å². The standard InChI is InChI=1S/C13H16N2O3S/c14-19(16,17)10-2-1-9-18-13-7-3-6-12-11(13)5-4-8-15-12/h3-8H,1-2,9-10H2,(H2,14,16,17). The third kappa shape index (κ3) is 4.18. The van der Waals surface area contributed by atoms with Gasteiger partial charge in [0.05, 0.1) is 17.9 Å². The Morgan fingerprint density at radius 1 is 1.16 bits per heavy atom. The van der Waals surface area contributed by atoms with Crippen LogP contribution in [0.25, 0.3) is 10.9 Å². The van der Waals surface area contributed by atoms with E-state index in [4.69, 9.17) is 9.88 Å². The summed E-state index contributed by atoms with van der Waals surface area (Å²) in [4.78, 5) is 4.24. The number of nitrogens with two attached hydrogens (primary N) is 1. The van der Waals surface area contributed by atoms with Crippen molar-refractivity contribution in [3.63, 3.8) is 0 Å². The molecule has 19 heavy (non-hydrogen) atoms. The molecule has 0 aliphatic carbocycles. The van der Waals surface area contributed by atoms with Gasteiger partial charge in [-0.2, -0.15) is 0 Å². The molecule has 0 fully saturated rings. The first kappa shape index (κ1) is 13.8. The number of hydrogen-bond acceptors (Lipinski definition) is 4. The maximum atomic E-state index is 10.8. The summed E-state index contributed by atoms with van der Waals surface area (Å²) in [6, 6.07) is 9.49. The van der Waals surface area contributed by atoms with E-state index in [-0.39, 0.29) is 5.75 Å². The highest BCUT2D eigenvalue weighted by Crippen LogP contribution is 2.23. The van der Waals surface area contributed by atoms with Gasteiger partial charge in [-0.25, -0.2) is 13.6 Å². The van der Waals surface area contributed by atoms with Gasteiger partial charge in [0.1, 0.15) is 5.75 Å². The number of aromatic nitrogens is 1. The molecule has 1 aromatic carbocycles. The Balaban J connectivity index is 1.92. The van der Waals surface area contributed by atoms with E-state index in [1.54, 1.807) is 6.20 Å². The number of fused-ring (bicyclic) bond motifs is 1. The lowest BCUT2D eigenvalue weighted by Crippen LogP contribution is -2.16. The Morgan fingerprint density at radius 3 is 2.79 bits per heavy atom. The van der Waals surface area contributed by atoms with Gasteiger partial charge in [0.15, 0.2) is 0 Å². The molecule has 0 aliphatic heterocycles. The molecule has 5 nitrogen and oxygen atoms in total. The summed E-state index contributed by atoms with van der Waals surface area (Å²) in [5.41, 5.74) is 0.879. The summed E-state index contributed by atoms with van der Waals surface area (Å²) < 4.78 is 27.2. The smallest absolute Gasteiger partial charge is 0.209 e. The van der Waals surface area contributed by atoms with Crippen molar-refractivity contribution in [2.75, 3.05) is 12.4 Å². The average molecular weight is 280 g/mol. The van der Waals surface area contributed by atoms with Crippen LogP contribution in [-0.4, -0.2) is 25.8 Å². The van der Waals surface area contributed by atoms with Crippen LogP contribution in [0.4, 0.5) is 0 Å². The molecular formula is C13H16N2O3S. The molecule has 2 aromatic rings. The van der Waals surface area contributed by atoms with E-state index in [0.29, 0.717) is 19.4 Å². The van der Waals surface area contributed by atoms with E-state index >= 15 is 0 Å². The van der Waals surface area contributed by atoms with Crippen LogP contribution in [-0.2, 0) is 10.0 Å². The Labute approximate surface area is 112 Å². The second-order valence-electron chi connectivity index (χ2n) is 4.25. The van der Waals surface area contributed by atoms with Crippen LogP contribution in [0.15, 0.2) is 36.5 Å². The number of rotatable bonds is 6. The van der Waals surface area contributed by atoms with Crippen molar-refractivity contribution >= 4 is 20.9 Å². The first-order valence-corrected chi connectivity index (χ1v) is 7.75. The van der Waals surface area contributed by atoms with Crippen molar-refractivity contribution < 1.29 is 13.2 Å². The first-order valence-electron chi connectivity index (χ1n) is 6.03. The third-order valence-corrected chi connectivity index (χ3v) is 3.54. The van der Waals surface area contributed by atoms with Crippen LogP contribution in [0.3, 0.4) is 0 Å². The lowest BCUT2D eigenvalue weighted by molar-refractivity contribution is 0.313. The summed E-state index contributed by atoms with van der Waals surface area (Å²) in [6.07, 6.45) is 2.88. The topological polar surface area (TPSA) is 82.3 Å². The number of primary sulfonamides is 1. The number of unbranched alkanes of at least 4 members (excludes halogenated alkanes) is 1. The highest BCUT2D eigenvalue weighted by atomic mass is 32.2. The second kappa shape index (κ2) is 5.99. The van der Waals surface area contributed by atoms with Gasteiger partial charge in [-0.15, -0.1) is 0 Å². The number of pyridine rings is 1. The normalized spacial score (nSPS) is 11.6. The molecule has 0 unspecified atom stereocenters. The van der Waals surface area contributed by atoms with Gasteiger partial charge in [0, 0.05) is 11.6 Å². The van der Waals surface area contributed by atoms with E-state index in [1.807, 2.05) is 30.3 Å². The van der Waals surface area contributed by atoms with Crippen molar-refractivity contribution in [1.29, 1.82) is 0 Å². The fourth-order valence-corrected chi connectivity index (χ4v) is 2.39. The molecular weight excluding hydrogens is 264 g/mol. The largest absolute Gasteiger partial charge is 0.493 e. The SMILES string of the molecule is NS(=O)(=O)CCCCOc1cccc2ncccc12. The molecule has 0 spiro atoms. The summed E-state index contributed by atoms with van der Waals surface area (Å²) in [5, 5.41) is 5.88. The van der Waals surface area contributed by atoms with Gasteiger partial charge in [0.25, 0.3) is 0 Å². The Kier molecular flexibility index (Phi) is 4.34. The van der Waals surface area contributed by atoms with Crippen molar-refractivity contribution in [3.05, 3.63) is 36.5 Å². The minimum absolute atomic E-state index is 0.00650. The quantitative estimate of drug-likeness (QED) is 0.816. The van der Waals surface area contributed by atoms with E-state index in [1.165, 1.54) is 0 Å². The van der Waals surface area contributed by atoms with Gasteiger partial charge >= 0.3 is 0 Å². The molecule has 0 aliphatic rings. The number of nitrogens with zero attached hydrogens (tertiary/aromatic N) is 1. The van der Waals surface area contributed by atoms with Crippen LogP contribution in [0.2, 0.25) is 0 Å². The molecule has 0 saturated carbocycles. The van der Waals surface area contributed by atoms with Crippen LogP contribution in [0.1, 0.15) is 12.8 Å². The zero-order valence-corrected chi connectivity index (χ0v) is 11.3. The van der Waals surface area contributed by atoms with Gasteiger partial charge in [0.2, 0.25) is 10.0 Å². The lowest BCUT2D eigenvalue weighted by Gasteiger charge is -2.08. The summed E-state index contributed by atoms with van der Waals surface area (Å²) in [5.74, 6) is 0.759. The minimum atomic E-state index is -3.37. The molecule has 0 bridgehead atoms. The van der Waals surface area contributed by atoms with Gasteiger partial charge in [-0.1, -0.05) is 6.07 Å². The zero-order chi connectivity index (χ0) is 13.7. The maximum absolute atomic E-state index is 10.8. The van der Waals surface area contributed by atoms with Crippen molar-refractivity contribution in [3.8, 4) is 5.75 Å². The Hall–Kier alpha value is -1.66.